The Hall–Kier alpha value is -2.68. The van der Waals surface area contributed by atoms with Crippen molar-refractivity contribution < 1.29 is 5.11 Å². The molecule has 0 aliphatic rings. The third-order valence-corrected chi connectivity index (χ3v) is 3.86. The number of hydrogen-bond donors (Lipinski definition) is 2. The summed E-state index contributed by atoms with van der Waals surface area (Å²) in [6.45, 7) is 2.22. The lowest BCUT2D eigenvalue weighted by Gasteiger charge is -2.04. The number of phenols is 1. The highest BCUT2D eigenvalue weighted by Crippen LogP contribution is 2.30. The van der Waals surface area contributed by atoms with Gasteiger partial charge in [0.2, 0.25) is 0 Å². The van der Waals surface area contributed by atoms with Crippen molar-refractivity contribution in [2.24, 2.45) is 10.2 Å². The van der Waals surface area contributed by atoms with Crippen LogP contribution in [-0.4, -0.2) is 15.3 Å². The van der Waals surface area contributed by atoms with Gasteiger partial charge >= 0.3 is 0 Å². The first-order chi connectivity index (χ1) is 11.7. The topological polar surface area (TPSA) is 97.4 Å². The van der Waals surface area contributed by atoms with E-state index in [0.29, 0.717) is 17.1 Å². The molecule has 0 fully saturated rings. The number of aryl methyl sites for hydroxylation is 1. The fourth-order valence-corrected chi connectivity index (χ4v) is 2.46. The van der Waals surface area contributed by atoms with E-state index in [1.165, 1.54) is 38.3 Å². The fraction of sp³-hybridized carbons (Fsp3) is 0.444. The molecular formula is C18H23N5O. The number of phenolic OH excluding ortho intramolecular Hbond substituents is 1. The molecule has 6 nitrogen and oxygen atoms in total. The Balaban J connectivity index is 1.95. The van der Waals surface area contributed by atoms with Crippen LogP contribution in [0.25, 0.3) is 0 Å². The van der Waals surface area contributed by atoms with Gasteiger partial charge in [-0.3, -0.25) is 5.10 Å². The third kappa shape index (κ3) is 5.20. The van der Waals surface area contributed by atoms with Crippen LogP contribution in [0.5, 0.6) is 5.75 Å². The zero-order valence-corrected chi connectivity index (χ0v) is 14.0. The molecule has 0 aliphatic carbocycles. The number of nitrogens with one attached hydrogen (secondary N) is 1. The maximum Gasteiger partial charge on any atom is 0.188 e. The van der Waals surface area contributed by atoms with Crippen LogP contribution < -0.4 is 0 Å². The van der Waals surface area contributed by atoms with Crippen LogP contribution in [0.15, 0.2) is 34.6 Å². The summed E-state index contributed by atoms with van der Waals surface area (Å²) < 4.78 is 0. The zero-order chi connectivity index (χ0) is 17.2. The molecule has 0 atom stereocenters. The van der Waals surface area contributed by atoms with Gasteiger partial charge in [0.05, 0.1) is 6.20 Å². The predicted octanol–water partition coefficient (Wildman–Crippen LogP) is 5.31. The van der Waals surface area contributed by atoms with Gasteiger partial charge in [0.15, 0.2) is 5.82 Å². The van der Waals surface area contributed by atoms with Gasteiger partial charge in [-0.1, -0.05) is 45.1 Å². The molecule has 0 bridgehead atoms. The third-order valence-electron chi connectivity index (χ3n) is 3.86. The Morgan fingerprint density at radius 2 is 1.96 bits per heavy atom. The van der Waals surface area contributed by atoms with Crippen LogP contribution in [-0.2, 0) is 6.42 Å². The van der Waals surface area contributed by atoms with E-state index in [2.05, 4.69) is 27.3 Å². The number of aromatic amines is 1. The largest absolute Gasteiger partial charge is 0.506 e. The van der Waals surface area contributed by atoms with E-state index in [1.54, 1.807) is 6.07 Å². The molecule has 2 aromatic rings. The Morgan fingerprint density at radius 1 is 1.17 bits per heavy atom. The first-order valence-electron chi connectivity index (χ1n) is 8.41. The van der Waals surface area contributed by atoms with E-state index in [1.807, 2.05) is 18.2 Å². The Morgan fingerprint density at radius 3 is 2.75 bits per heavy atom. The van der Waals surface area contributed by atoms with Crippen LogP contribution >= 0.6 is 0 Å². The van der Waals surface area contributed by atoms with Gasteiger partial charge in [-0.05, 0) is 30.5 Å². The zero-order valence-electron chi connectivity index (χ0n) is 14.0. The Bertz CT molecular complexity index is 714. The van der Waals surface area contributed by atoms with Crippen molar-refractivity contribution in [1.29, 1.82) is 5.26 Å². The summed E-state index contributed by atoms with van der Waals surface area (Å²) in [6.07, 6.45) is 9.84. The fourth-order valence-electron chi connectivity index (χ4n) is 2.46. The summed E-state index contributed by atoms with van der Waals surface area (Å²) in [5.74, 6) is 0.363. The van der Waals surface area contributed by atoms with Crippen molar-refractivity contribution in [3.63, 3.8) is 0 Å². The Labute approximate surface area is 142 Å². The molecule has 0 radical (unpaired) electrons. The van der Waals surface area contributed by atoms with Crippen LogP contribution in [0.3, 0.4) is 0 Å². The number of hydrogen-bond acceptors (Lipinski definition) is 5. The molecule has 24 heavy (non-hydrogen) atoms. The Kier molecular flexibility index (Phi) is 6.96. The van der Waals surface area contributed by atoms with Gasteiger partial charge in [-0.2, -0.15) is 10.4 Å². The van der Waals surface area contributed by atoms with Gasteiger partial charge in [-0.15, -0.1) is 10.2 Å². The summed E-state index contributed by atoms with van der Waals surface area (Å²) in [6, 6.07) is 7.37. The van der Waals surface area contributed by atoms with Crippen LogP contribution in [0.2, 0.25) is 0 Å². The molecule has 6 heteroatoms. The van der Waals surface area contributed by atoms with Crippen molar-refractivity contribution in [3.8, 4) is 11.8 Å². The highest BCUT2D eigenvalue weighted by atomic mass is 16.3. The van der Waals surface area contributed by atoms with Crippen molar-refractivity contribution >= 4 is 11.5 Å². The average molecular weight is 325 g/mol. The molecule has 2 N–H and O–H groups in total. The van der Waals surface area contributed by atoms with Crippen molar-refractivity contribution in [3.05, 3.63) is 35.5 Å². The molecule has 1 aromatic heterocycles. The smallest absolute Gasteiger partial charge is 0.188 e. The first kappa shape index (κ1) is 17.7. The normalized spacial score (nSPS) is 11.0. The maximum absolute atomic E-state index is 9.91. The van der Waals surface area contributed by atoms with Gasteiger partial charge in [0.1, 0.15) is 23.1 Å². The van der Waals surface area contributed by atoms with Crippen molar-refractivity contribution in [1.82, 2.24) is 10.2 Å². The molecule has 0 unspecified atom stereocenters. The molecule has 0 saturated heterocycles. The van der Waals surface area contributed by atoms with Gasteiger partial charge in [-0.25, -0.2) is 0 Å². The van der Waals surface area contributed by atoms with Crippen molar-refractivity contribution in [2.75, 3.05) is 0 Å². The monoisotopic (exact) mass is 325 g/mol. The van der Waals surface area contributed by atoms with Crippen LogP contribution in [0.4, 0.5) is 11.5 Å². The highest BCUT2D eigenvalue weighted by Gasteiger charge is 2.05. The van der Waals surface area contributed by atoms with E-state index >= 15 is 0 Å². The number of aromatic hydroxyl groups is 1. The van der Waals surface area contributed by atoms with E-state index in [0.717, 1.165) is 18.4 Å². The first-order valence-corrected chi connectivity index (χ1v) is 8.41. The highest BCUT2D eigenvalue weighted by molar-refractivity contribution is 5.53. The molecule has 1 aromatic carbocycles. The number of benzene rings is 1. The SMILES string of the molecule is CCCCCCCCc1ccc(O)c(N=Nc2[nH]ncc2C#N)c1. The van der Waals surface area contributed by atoms with E-state index in [4.69, 9.17) is 5.26 Å². The molecular weight excluding hydrogens is 302 g/mol. The van der Waals surface area contributed by atoms with Crippen molar-refractivity contribution in [2.45, 2.75) is 51.9 Å². The maximum atomic E-state index is 9.91. The molecule has 0 spiro atoms. The molecule has 126 valence electrons. The standard InChI is InChI=1S/C18H23N5O/c1-2-3-4-5-6-7-8-14-9-10-17(24)16(11-14)21-23-18-15(12-19)13-20-22-18/h9-11,13,24H,2-8H2,1H3,(H,20,22). The molecule has 2 rings (SSSR count). The second-order valence-corrected chi connectivity index (χ2v) is 5.78. The minimum absolute atomic E-state index is 0.0727. The van der Waals surface area contributed by atoms with Crippen LogP contribution in [0.1, 0.15) is 56.6 Å². The number of unbranched alkanes of at least 4 members (excludes halogenated alkanes) is 5. The van der Waals surface area contributed by atoms with Crippen LogP contribution in [0, 0.1) is 11.3 Å². The van der Waals surface area contributed by atoms with Gasteiger partial charge < -0.3 is 5.11 Å². The number of rotatable bonds is 9. The summed E-state index contributed by atoms with van der Waals surface area (Å²) in [5.41, 5.74) is 1.85. The number of aromatic nitrogens is 2. The van der Waals surface area contributed by atoms with Gasteiger partial charge in [0, 0.05) is 0 Å². The number of nitrogens with zero attached hydrogens (tertiary/aromatic N) is 4. The second-order valence-electron chi connectivity index (χ2n) is 5.78. The second kappa shape index (κ2) is 9.46. The number of H-pyrrole nitrogens is 1. The molecule has 0 saturated carbocycles. The minimum atomic E-state index is 0.0727. The molecule has 0 aliphatic heterocycles. The predicted molar refractivity (Wildman–Crippen MR) is 92.7 cm³/mol. The summed E-state index contributed by atoms with van der Waals surface area (Å²) in [4.78, 5) is 0. The lowest BCUT2D eigenvalue weighted by atomic mass is 10.0. The van der Waals surface area contributed by atoms with E-state index < -0.39 is 0 Å². The lowest BCUT2D eigenvalue weighted by molar-refractivity contribution is 0.476. The molecule has 0 amide bonds. The summed E-state index contributed by atoms with van der Waals surface area (Å²) >= 11 is 0. The lowest BCUT2D eigenvalue weighted by Crippen LogP contribution is -1.86. The summed E-state index contributed by atoms with van der Waals surface area (Å²) in [7, 11) is 0. The van der Waals surface area contributed by atoms with E-state index in [-0.39, 0.29) is 5.75 Å². The minimum Gasteiger partial charge on any atom is -0.506 e. The quantitative estimate of drug-likeness (QED) is 0.483. The molecule has 1 heterocycles. The average Bonchev–Trinajstić information content (AvgIpc) is 3.05. The van der Waals surface area contributed by atoms with E-state index in [9.17, 15) is 5.11 Å². The summed E-state index contributed by atoms with van der Waals surface area (Å²) in [5, 5.41) is 33.2. The number of nitriles is 1. The van der Waals surface area contributed by atoms with Gasteiger partial charge in [0.25, 0.3) is 0 Å². The number of azo groups is 1.